The van der Waals surface area contributed by atoms with E-state index >= 15 is 0 Å². The smallest absolute Gasteiger partial charge is 0.000554 e. The van der Waals surface area contributed by atoms with Crippen molar-refractivity contribution in [2.45, 2.75) is 46.0 Å². The first-order valence-corrected chi connectivity index (χ1v) is 7.36. The van der Waals surface area contributed by atoms with E-state index in [2.05, 4.69) is 57.3 Å². The van der Waals surface area contributed by atoms with Gasteiger partial charge in [0.15, 0.2) is 0 Å². The zero-order chi connectivity index (χ0) is 13.2. The van der Waals surface area contributed by atoms with E-state index in [1.165, 1.54) is 24.9 Å². The molecule has 100 valence electrons. The number of benzene rings is 1. The summed E-state index contributed by atoms with van der Waals surface area (Å²) in [4.78, 5) is 0. The molecule has 1 heteroatoms. The van der Waals surface area contributed by atoms with E-state index in [-0.39, 0.29) is 0 Å². The third-order valence-corrected chi connectivity index (χ3v) is 4.43. The fourth-order valence-electron chi connectivity index (χ4n) is 3.07. The van der Waals surface area contributed by atoms with Gasteiger partial charge in [-0.3, -0.25) is 0 Å². The molecule has 1 saturated carbocycles. The SMILES string of the molecule is CCC1(c2ccc(C)cc2)CC1CNCC(C)C. The second-order valence-corrected chi connectivity index (χ2v) is 6.33. The summed E-state index contributed by atoms with van der Waals surface area (Å²) < 4.78 is 0. The summed E-state index contributed by atoms with van der Waals surface area (Å²) in [5.74, 6) is 1.59. The van der Waals surface area contributed by atoms with Gasteiger partial charge in [0.1, 0.15) is 0 Å². The summed E-state index contributed by atoms with van der Waals surface area (Å²) in [5.41, 5.74) is 3.38. The van der Waals surface area contributed by atoms with Gasteiger partial charge >= 0.3 is 0 Å². The van der Waals surface area contributed by atoms with Crippen molar-refractivity contribution < 1.29 is 0 Å². The van der Waals surface area contributed by atoms with Gasteiger partial charge < -0.3 is 5.32 Å². The monoisotopic (exact) mass is 245 g/mol. The fourth-order valence-corrected chi connectivity index (χ4v) is 3.07. The van der Waals surface area contributed by atoms with Gasteiger partial charge in [-0.05, 0) is 55.7 Å². The first-order chi connectivity index (χ1) is 8.58. The van der Waals surface area contributed by atoms with Crippen LogP contribution in [0.1, 0.15) is 44.7 Å². The Morgan fingerprint density at radius 1 is 1.28 bits per heavy atom. The van der Waals surface area contributed by atoms with Crippen LogP contribution in [0, 0.1) is 18.8 Å². The van der Waals surface area contributed by atoms with Gasteiger partial charge in [0.25, 0.3) is 0 Å². The van der Waals surface area contributed by atoms with Crippen LogP contribution in [-0.2, 0) is 5.41 Å². The molecule has 0 heterocycles. The summed E-state index contributed by atoms with van der Waals surface area (Å²) in [6.07, 6.45) is 2.63. The Hall–Kier alpha value is -0.820. The summed E-state index contributed by atoms with van der Waals surface area (Å²) in [5, 5.41) is 3.62. The molecule has 0 aromatic heterocycles. The number of aryl methyl sites for hydroxylation is 1. The Morgan fingerprint density at radius 2 is 1.94 bits per heavy atom. The molecule has 1 aliphatic rings. The fraction of sp³-hybridized carbons (Fsp3) is 0.647. The average Bonchev–Trinajstić information content (AvgIpc) is 3.04. The van der Waals surface area contributed by atoms with Crippen molar-refractivity contribution in [1.82, 2.24) is 5.32 Å². The van der Waals surface area contributed by atoms with Gasteiger partial charge in [0.2, 0.25) is 0 Å². The van der Waals surface area contributed by atoms with Crippen molar-refractivity contribution in [2.75, 3.05) is 13.1 Å². The van der Waals surface area contributed by atoms with E-state index in [9.17, 15) is 0 Å². The molecule has 0 radical (unpaired) electrons. The molecule has 1 aromatic carbocycles. The molecule has 2 unspecified atom stereocenters. The van der Waals surface area contributed by atoms with Crippen molar-refractivity contribution in [3.63, 3.8) is 0 Å². The third-order valence-electron chi connectivity index (χ3n) is 4.43. The van der Waals surface area contributed by atoms with Crippen LogP contribution >= 0.6 is 0 Å². The van der Waals surface area contributed by atoms with E-state index in [4.69, 9.17) is 0 Å². The lowest BCUT2D eigenvalue weighted by molar-refractivity contribution is 0.499. The van der Waals surface area contributed by atoms with E-state index in [0.717, 1.165) is 18.4 Å². The number of rotatable bonds is 6. The predicted octanol–water partition coefficient (Wildman–Crippen LogP) is 3.91. The zero-order valence-corrected chi connectivity index (χ0v) is 12.3. The first kappa shape index (κ1) is 13.6. The van der Waals surface area contributed by atoms with Crippen LogP contribution in [0.2, 0.25) is 0 Å². The van der Waals surface area contributed by atoms with E-state index in [1.807, 2.05) is 0 Å². The molecule has 1 nitrogen and oxygen atoms in total. The minimum absolute atomic E-state index is 0.470. The minimum atomic E-state index is 0.470. The highest BCUT2D eigenvalue weighted by atomic mass is 14.9. The molecule has 1 N–H and O–H groups in total. The topological polar surface area (TPSA) is 12.0 Å². The van der Waals surface area contributed by atoms with Crippen LogP contribution in [0.3, 0.4) is 0 Å². The molecular formula is C17H27N. The lowest BCUT2D eigenvalue weighted by Crippen LogP contribution is -2.24. The van der Waals surface area contributed by atoms with Crippen LogP contribution in [0.4, 0.5) is 0 Å². The quantitative estimate of drug-likeness (QED) is 0.801. The van der Waals surface area contributed by atoms with Crippen LogP contribution < -0.4 is 5.32 Å². The maximum absolute atomic E-state index is 3.62. The van der Waals surface area contributed by atoms with Gasteiger partial charge in [0, 0.05) is 0 Å². The largest absolute Gasteiger partial charge is 0.316 e. The molecule has 1 aromatic rings. The molecule has 0 saturated heterocycles. The lowest BCUT2D eigenvalue weighted by Gasteiger charge is -2.17. The number of hydrogen-bond acceptors (Lipinski definition) is 1. The molecule has 0 amide bonds. The van der Waals surface area contributed by atoms with Crippen molar-refractivity contribution in [1.29, 1.82) is 0 Å². The van der Waals surface area contributed by atoms with Crippen molar-refractivity contribution >= 4 is 0 Å². The van der Waals surface area contributed by atoms with Gasteiger partial charge in [0.05, 0.1) is 0 Å². The van der Waals surface area contributed by atoms with Crippen molar-refractivity contribution in [2.24, 2.45) is 11.8 Å². The first-order valence-electron chi connectivity index (χ1n) is 7.36. The van der Waals surface area contributed by atoms with Crippen LogP contribution in [0.15, 0.2) is 24.3 Å². The normalized spacial score (nSPS) is 26.6. The predicted molar refractivity (Wildman–Crippen MR) is 79.0 cm³/mol. The zero-order valence-electron chi connectivity index (χ0n) is 12.3. The Bertz CT molecular complexity index is 379. The second kappa shape index (κ2) is 5.44. The number of nitrogens with one attached hydrogen (secondary N) is 1. The van der Waals surface area contributed by atoms with Gasteiger partial charge in [-0.1, -0.05) is 50.6 Å². The van der Waals surface area contributed by atoms with Crippen molar-refractivity contribution in [3.05, 3.63) is 35.4 Å². The highest BCUT2D eigenvalue weighted by Crippen LogP contribution is 2.56. The standard InChI is InChI=1S/C17H27N/c1-5-17(15-8-6-14(4)7-9-15)10-16(17)12-18-11-13(2)3/h6-9,13,16,18H,5,10-12H2,1-4H3. The van der Waals surface area contributed by atoms with Gasteiger partial charge in [-0.15, -0.1) is 0 Å². The minimum Gasteiger partial charge on any atom is -0.316 e. The van der Waals surface area contributed by atoms with Crippen molar-refractivity contribution in [3.8, 4) is 0 Å². The summed E-state index contributed by atoms with van der Waals surface area (Å²) in [6.45, 7) is 11.4. The molecule has 18 heavy (non-hydrogen) atoms. The van der Waals surface area contributed by atoms with Crippen LogP contribution in [-0.4, -0.2) is 13.1 Å². The molecule has 2 rings (SSSR count). The summed E-state index contributed by atoms with van der Waals surface area (Å²) in [7, 11) is 0. The molecule has 0 aliphatic heterocycles. The Labute approximate surface area is 112 Å². The van der Waals surface area contributed by atoms with E-state index in [0.29, 0.717) is 5.41 Å². The van der Waals surface area contributed by atoms with Gasteiger partial charge in [-0.25, -0.2) is 0 Å². The molecular weight excluding hydrogens is 218 g/mol. The molecule has 0 spiro atoms. The lowest BCUT2D eigenvalue weighted by atomic mass is 9.90. The van der Waals surface area contributed by atoms with Crippen LogP contribution in [0.25, 0.3) is 0 Å². The Balaban J connectivity index is 1.96. The molecule has 1 aliphatic carbocycles. The summed E-state index contributed by atoms with van der Waals surface area (Å²) in [6, 6.07) is 9.18. The third kappa shape index (κ3) is 2.77. The maximum atomic E-state index is 3.62. The maximum Gasteiger partial charge on any atom is -0.000554 e. The molecule has 2 atom stereocenters. The van der Waals surface area contributed by atoms with E-state index in [1.54, 1.807) is 5.56 Å². The Morgan fingerprint density at radius 3 is 2.50 bits per heavy atom. The molecule has 1 fully saturated rings. The van der Waals surface area contributed by atoms with Crippen LogP contribution in [0.5, 0.6) is 0 Å². The second-order valence-electron chi connectivity index (χ2n) is 6.33. The summed E-state index contributed by atoms with van der Waals surface area (Å²) >= 11 is 0. The van der Waals surface area contributed by atoms with Gasteiger partial charge in [-0.2, -0.15) is 0 Å². The highest BCUT2D eigenvalue weighted by molar-refractivity contribution is 5.35. The Kier molecular flexibility index (Phi) is 4.11. The molecule has 0 bridgehead atoms. The van der Waals surface area contributed by atoms with E-state index < -0.39 is 0 Å². The number of hydrogen-bond donors (Lipinski definition) is 1. The highest BCUT2D eigenvalue weighted by Gasteiger charge is 2.52. The average molecular weight is 245 g/mol.